The third-order valence-corrected chi connectivity index (χ3v) is 5.76. The summed E-state index contributed by atoms with van der Waals surface area (Å²) in [5.74, 6) is 4.49. The van der Waals surface area contributed by atoms with Crippen LogP contribution < -0.4 is 0 Å². The number of hydrogen-bond acceptors (Lipinski definition) is 4. The van der Waals surface area contributed by atoms with Crippen molar-refractivity contribution >= 4 is 5.97 Å². The molecule has 1 aromatic rings. The van der Waals surface area contributed by atoms with E-state index in [0.29, 0.717) is 18.2 Å². The van der Waals surface area contributed by atoms with Crippen LogP contribution in [0.5, 0.6) is 0 Å². The molecule has 1 aromatic heterocycles. The van der Waals surface area contributed by atoms with Gasteiger partial charge in [-0.2, -0.15) is 0 Å². The van der Waals surface area contributed by atoms with Crippen molar-refractivity contribution in [3.63, 3.8) is 0 Å². The zero-order valence-electron chi connectivity index (χ0n) is 12.6. The van der Waals surface area contributed by atoms with Crippen molar-refractivity contribution in [3.05, 3.63) is 11.8 Å². The van der Waals surface area contributed by atoms with Gasteiger partial charge < -0.3 is 9.52 Å². The van der Waals surface area contributed by atoms with Crippen LogP contribution >= 0.6 is 0 Å². The molecule has 3 aliphatic carbocycles. The number of carboxylic acids is 1. The van der Waals surface area contributed by atoms with E-state index in [0.717, 1.165) is 29.6 Å². The molecule has 0 spiro atoms. The van der Waals surface area contributed by atoms with Crippen molar-refractivity contribution in [2.24, 2.45) is 29.1 Å². The Hall–Kier alpha value is -1.39. The summed E-state index contributed by atoms with van der Waals surface area (Å²) in [4.78, 5) is 10.9. The molecule has 5 nitrogen and oxygen atoms in total. The first kappa shape index (κ1) is 13.3. The number of hydrogen-bond donors (Lipinski definition) is 1. The Labute approximate surface area is 124 Å². The molecule has 3 saturated carbocycles. The summed E-state index contributed by atoms with van der Waals surface area (Å²) in [5, 5.41) is 17.4. The van der Waals surface area contributed by atoms with Gasteiger partial charge in [0.05, 0.1) is 6.42 Å². The van der Waals surface area contributed by atoms with E-state index < -0.39 is 5.97 Å². The van der Waals surface area contributed by atoms with Crippen molar-refractivity contribution in [1.82, 2.24) is 10.2 Å². The molecule has 0 radical (unpaired) electrons. The van der Waals surface area contributed by atoms with Crippen LogP contribution in [0.25, 0.3) is 0 Å². The fourth-order valence-electron chi connectivity index (χ4n) is 5.01. The summed E-state index contributed by atoms with van der Waals surface area (Å²) in [6, 6.07) is 0. The third kappa shape index (κ3) is 2.17. The topological polar surface area (TPSA) is 76.2 Å². The van der Waals surface area contributed by atoms with Gasteiger partial charge in [0.1, 0.15) is 0 Å². The van der Waals surface area contributed by atoms with Crippen molar-refractivity contribution in [2.45, 2.75) is 51.9 Å². The lowest BCUT2D eigenvalue weighted by Crippen LogP contribution is -2.19. The van der Waals surface area contributed by atoms with Crippen molar-refractivity contribution < 1.29 is 14.3 Å². The van der Waals surface area contributed by atoms with E-state index in [4.69, 9.17) is 9.52 Å². The van der Waals surface area contributed by atoms with Crippen molar-refractivity contribution in [3.8, 4) is 0 Å². The summed E-state index contributed by atoms with van der Waals surface area (Å²) in [5.41, 5.74) is -0.353. The van der Waals surface area contributed by atoms with E-state index in [-0.39, 0.29) is 11.8 Å². The summed E-state index contributed by atoms with van der Waals surface area (Å²) in [6.45, 7) is 3.86. The molecule has 4 rings (SSSR count). The molecule has 3 aliphatic rings. The zero-order chi connectivity index (χ0) is 14.8. The minimum Gasteiger partial charge on any atom is -0.481 e. The number of fused-ring (bicyclic) bond motifs is 5. The van der Waals surface area contributed by atoms with Crippen LogP contribution in [0.4, 0.5) is 0 Å². The second kappa shape index (κ2) is 4.31. The second-order valence-electron chi connectivity index (χ2n) is 7.96. The molecule has 4 atom stereocenters. The number of carbonyl (C=O) groups is 1. The molecule has 0 aromatic carbocycles. The Kier molecular flexibility index (Phi) is 2.72. The smallest absolute Gasteiger partial charge is 0.303 e. The Morgan fingerprint density at radius 3 is 2.57 bits per heavy atom. The number of nitrogens with zero attached hydrogens (tertiary/aromatic N) is 2. The molecular formula is C16H22N2O3. The summed E-state index contributed by atoms with van der Waals surface area (Å²) < 4.78 is 5.87. The van der Waals surface area contributed by atoms with E-state index in [1.54, 1.807) is 0 Å². The predicted molar refractivity (Wildman–Crippen MR) is 74.6 cm³/mol. The third-order valence-electron chi connectivity index (χ3n) is 5.76. The van der Waals surface area contributed by atoms with E-state index in [1.807, 2.05) is 13.8 Å². The summed E-state index contributed by atoms with van der Waals surface area (Å²) in [7, 11) is 0. The van der Waals surface area contributed by atoms with Gasteiger partial charge in [-0.3, -0.25) is 4.79 Å². The Morgan fingerprint density at radius 2 is 1.95 bits per heavy atom. The molecule has 4 unspecified atom stereocenters. The van der Waals surface area contributed by atoms with Crippen LogP contribution in [0.15, 0.2) is 4.42 Å². The van der Waals surface area contributed by atoms with E-state index in [1.165, 1.54) is 19.3 Å². The van der Waals surface area contributed by atoms with Crippen LogP contribution in [0.1, 0.15) is 57.2 Å². The Morgan fingerprint density at radius 1 is 1.29 bits per heavy atom. The number of carboxylic acid groups (broad SMARTS) is 1. The minimum absolute atomic E-state index is 0.115. The van der Waals surface area contributed by atoms with Gasteiger partial charge in [0, 0.05) is 12.3 Å². The van der Waals surface area contributed by atoms with Gasteiger partial charge in [0.2, 0.25) is 11.8 Å². The molecule has 2 bridgehead atoms. The summed E-state index contributed by atoms with van der Waals surface area (Å²) >= 11 is 0. The zero-order valence-corrected chi connectivity index (χ0v) is 12.6. The van der Waals surface area contributed by atoms with Crippen LogP contribution in [0, 0.1) is 29.1 Å². The highest BCUT2D eigenvalue weighted by Gasteiger charge is 2.67. The van der Waals surface area contributed by atoms with Crippen molar-refractivity contribution in [1.29, 1.82) is 0 Å². The lowest BCUT2D eigenvalue weighted by atomic mass is 9.86. The number of rotatable bonds is 5. The first-order valence-electron chi connectivity index (χ1n) is 7.99. The standard InChI is InChI=1S/C16H22N2O3/c1-16(2,7-11(19)20)6-10-17-18-15(21-10)14-12-8-3-4-9(5-8)13(12)14/h8-9,12-14H,3-7H2,1-2H3,(H,19,20). The van der Waals surface area contributed by atoms with Gasteiger partial charge in [0.25, 0.3) is 0 Å². The van der Waals surface area contributed by atoms with Crippen LogP contribution in [-0.2, 0) is 11.2 Å². The van der Waals surface area contributed by atoms with Crippen LogP contribution in [0.3, 0.4) is 0 Å². The van der Waals surface area contributed by atoms with E-state index in [2.05, 4.69) is 10.2 Å². The lowest BCUT2D eigenvalue weighted by molar-refractivity contribution is -0.139. The number of aromatic nitrogens is 2. The maximum Gasteiger partial charge on any atom is 0.303 e. The molecule has 114 valence electrons. The highest BCUT2D eigenvalue weighted by molar-refractivity contribution is 5.67. The second-order valence-corrected chi connectivity index (χ2v) is 7.96. The average Bonchev–Trinajstić information content (AvgIpc) is 2.77. The highest BCUT2D eigenvalue weighted by atomic mass is 16.4. The monoisotopic (exact) mass is 290 g/mol. The first-order valence-corrected chi connectivity index (χ1v) is 7.99. The fraction of sp³-hybridized carbons (Fsp3) is 0.812. The maximum absolute atomic E-state index is 10.9. The van der Waals surface area contributed by atoms with E-state index in [9.17, 15) is 4.79 Å². The number of aliphatic carboxylic acids is 1. The SMILES string of the molecule is CC(C)(CC(=O)O)Cc1nnc(C2C3C4CCC(C4)C23)o1. The quantitative estimate of drug-likeness (QED) is 0.902. The maximum atomic E-state index is 10.9. The van der Waals surface area contributed by atoms with Crippen molar-refractivity contribution in [2.75, 3.05) is 0 Å². The van der Waals surface area contributed by atoms with Gasteiger partial charge in [-0.1, -0.05) is 13.8 Å². The molecule has 5 heteroatoms. The van der Waals surface area contributed by atoms with E-state index >= 15 is 0 Å². The molecule has 0 aliphatic heterocycles. The Balaban J connectivity index is 1.44. The van der Waals surface area contributed by atoms with Gasteiger partial charge in [-0.05, 0) is 48.3 Å². The van der Waals surface area contributed by atoms with Gasteiger partial charge >= 0.3 is 5.97 Å². The molecule has 3 fully saturated rings. The minimum atomic E-state index is -0.784. The highest BCUT2D eigenvalue weighted by Crippen LogP contribution is 2.72. The first-order chi connectivity index (χ1) is 9.94. The fourth-order valence-corrected chi connectivity index (χ4v) is 5.01. The van der Waals surface area contributed by atoms with Gasteiger partial charge in [-0.25, -0.2) is 0 Å². The van der Waals surface area contributed by atoms with Gasteiger partial charge in [-0.15, -0.1) is 10.2 Å². The molecule has 0 saturated heterocycles. The molecule has 1 N–H and O–H groups in total. The summed E-state index contributed by atoms with van der Waals surface area (Å²) in [6.07, 6.45) is 4.83. The largest absolute Gasteiger partial charge is 0.481 e. The van der Waals surface area contributed by atoms with Crippen LogP contribution in [-0.4, -0.2) is 21.3 Å². The van der Waals surface area contributed by atoms with Crippen LogP contribution in [0.2, 0.25) is 0 Å². The average molecular weight is 290 g/mol. The molecule has 0 amide bonds. The molecule has 1 heterocycles. The van der Waals surface area contributed by atoms with Gasteiger partial charge in [0.15, 0.2) is 0 Å². The lowest BCUT2D eigenvalue weighted by Gasteiger charge is -2.19. The predicted octanol–water partition coefficient (Wildman–Crippen LogP) is 2.87. The molecule has 21 heavy (non-hydrogen) atoms. The normalized spacial score (nSPS) is 36.8. The molecular weight excluding hydrogens is 268 g/mol. The Bertz CT molecular complexity index is 564.